The lowest BCUT2D eigenvalue weighted by atomic mass is 10.0. The number of likely N-dealkylation sites (tertiary alicyclic amines) is 1. The number of nitrogens with zero attached hydrogens (tertiary/aromatic N) is 5. The molecule has 1 atom stereocenters. The van der Waals surface area contributed by atoms with Gasteiger partial charge in [-0.15, -0.1) is 0 Å². The van der Waals surface area contributed by atoms with Gasteiger partial charge in [-0.3, -0.25) is 4.79 Å². The molecule has 2 aromatic heterocycles. The Kier molecular flexibility index (Phi) is 4.52. The number of aryl methyl sites for hydroxylation is 1. The van der Waals surface area contributed by atoms with Crippen LogP contribution in [0.3, 0.4) is 0 Å². The van der Waals surface area contributed by atoms with Gasteiger partial charge in [0, 0.05) is 51.9 Å². The van der Waals surface area contributed by atoms with Crippen molar-refractivity contribution in [3.8, 4) is 0 Å². The van der Waals surface area contributed by atoms with Crippen molar-refractivity contribution in [2.45, 2.75) is 31.6 Å². The Morgan fingerprint density at radius 2 is 2.16 bits per heavy atom. The van der Waals surface area contributed by atoms with Crippen molar-refractivity contribution < 1.29 is 14.1 Å². The molecule has 0 aliphatic carbocycles. The minimum Gasteiger partial charge on any atom is -0.381 e. The first-order valence-corrected chi connectivity index (χ1v) is 8.86. The lowest BCUT2D eigenvalue weighted by molar-refractivity contribution is 0.0777. The number of aromatic nitrogens is 4. The maximum Gasteiger partial charge on any atom is 0.274 e. The molecule has 2 aliphatic heterocycles. The van der Waals surface area contributed by atoms with Gasteiger partial charge in [-0.05, 0) is 25.2 Å². The zero-order valence-electron chi connectivity index (χ0n) is 14.4. The molecule has 1 amide bonds. The highest BCUT2D eigenvalue weighted by atomic mass is 16.5. The van der Waals surface area contributed by atoms with Gasteiger partial charge in [-0.1, -0.05) is 5.16 Å². The van der Waals surface area contributed by atoms with Crippen LogP contribution in [-0.2, 0) is 18.2 Å². The van der Waals surface area contributed by atoms with E-state index in [9.17, 15) is 4.79 Å². The smallest absolute Gasteiger partial charge is 0.274 e. The highest BCUT2D eigenvalue weighted by Crippen LogP contribution is 2.26. The van der Waals surface area contributed by atoms with Gasteiger partial charge in [0.1, 0.15) is 5.69 Å². The van der Waals surface area contributed by atoms with E-state index in [1.54, 1.807) is 17.1 Å². The van der Waals surface area contributed by atoms with E-state index in [0.29, 0.717) is 17.5 Å². The molecule has 0 saturated carbocycles. The first-order chi connectivity index (χ1) is 12.2. The van der Waals surface area contributed by atoms with E-state index in [4.69, 9.17) is 9.26 Å². The van der Waals surface area contributed by atoms with Gasteiger partial charge in [-0.25, -0.2) is 4.98 Å². The Hall–Kier alpha value is -2.22. The Morgan fingerprint density at radius 3 is 2.92 bits per heavy atom. The number of carbonyl (C=O) groups excluding carboxylic acids is 1. The summed E-state index contributed by atoms with van der Waals surface area (Å²) in [6.07, 6.45) is 7.00. The SMILES string of the molecule is Cn1cnc(C(=O)N2CCC(Cc3noc(C4CCOCC4)n3)C2)c1. The summed E-state index contributed by atoms with van der Waals surface area (Å²) < 4.78 is 12.6. The predicted molar refractivity (Wildman–Crippen MR) is 88.0 cm³/mol. The molecule has 4 rings (SSSR count). The molecule has 8 nitrogen and oxygen atoms in total. The lowest BCUT2D eigenvalue weighted by Crippen LogP contribution is -2.29. The first kappa shape index (κ1) is 16.3. The summed E-state index contributed by atoms with van der Waals surface area (Å²) in [6.45, 7) is 2.99. The number of imidazole rings is 1. The molecule has 25 heavy (non-hydrogen) atoms. The fourth-order valence-corrected chi connectivity index (χ4v) is 3.59. The second-order valence-corrected chi connectivity index (χ2v) is 6.97. The summed E-state index contributed by atoms with van der Waals surface area (Å²) in [5.41, 5.74) is 0.504. The summed E-state index contributed by atoms with van der Waals surface area (Å²) in [4.78, 5) is 23.0. The lowest BCUT2D eigenvalue weighted by Gasteiger charge is -2.18. The van der Waals surface area contributed by atoms with Crippen molar-refractivity contribution in [2.75, 3.05) is 26.3 Å². The van der Waals surface area contributed by atoms with Crippen LogP contribution in [0.5, 0.6) is 0 Å². The number of ether oxygens (including phenoxy) is 1. The monoisotopic (exact) mass is 345 g/mol. The summed E-state index contributed by atoms with van der Waals surface area (Å²) >= 11 is 0. The molecule has 0 spiro atoms. The summed E-state index contributed by atoms with van der Waals surface area (Å²) in [7, 11) is 1.86. The van der Waals surface area contributed by atoms with E-state index in [-0.39, 0.29) is 5.91 Å². The molecule has 1 unspecified atom stereocenters. The molecule has 2 fully saturated rings. The van der Waals surface area contributed by atoms with Crippen LogP contribution < -0.4 is 0 Å². The van der Waals surface area contributed by atoms with Gasteiger partial charge in [0.25, 0.3) is 5.91 Å². The van der Waals surface area contributed by atoms with Gasteiger partial charge in [0.2, 0.25) is 5.89 Å². The predicted octanol–water partition coefficient (Wildman–Crippen LogP) is 1.40. The highest BCUT2D eigenvalue weighted by molar-refractivity contribution is 5.92. The number of hydrogen-bond acceptors (Lipinski definition) is 6. The number of hydrogen-bond donors (Lipinski definition) is 0. The molecule has 0 aromatic carbocycles. The van der Waals surface area contributed by atoms with E-state index in [1.807, 2.05) is 11.9 Å². The minimum atomic E-state index is -0.000827. The third-order valence-electron chi connectivity index (χ3n) is 5.02. The van der Waals surface area contributed by atoms with Crippen molar-refractivity contribution in [3.05, 3.63) is 29.9 Å². The molecule has 2 aromatic rings. The van der Waals surface area contributed by atoms with Crippen molar-refractivity contribution in [1.29, 1.82) is 0 Å². The van der Waals surface area contributed by atoms with Crippen molar-refractivity contribution in [2.24, 2.45) is 13.0 Å². The topological polar surface area (TPSA) is 86.3 Å². The Bertz CT molecular complexity index is 734. The van der Waals surface area contributed by atoms with E-state index < -0.39 is 0 Å². The molecule has 0 N–H and O–H groups in total. The van der Waals surface area contributed by atoms with Gasteiger partial charge in [0.05, 0.1) is 6.33 Å². The normalized spacial score (nSPS) is 21.8. The summed E-state index contributed by atoms with van der Waals surface area (Å²) in [5.74, 6) is 2.17. The maximum atomic E-state index is 12.5. The van der Waals surface area contributed by atoms with Crippen LogP contribution in [0.4, 0.5) is 0 Å². The molecule has 0 bridgehead atoms. The number of rotatable bonds is 4. The van der Waals surface area contributed by atoms with Gasteiger partial charge in [0.15, 0.2) is 5.82 Å². The van der Waals surface area contributed by atoms with Crippen LogP contribution in [0.15, 0.2) is 17.0 Å². The van der Waals surface area contributed by atoms with Crippen LogP contribution in [-0.4, -0.2) is 56.8 Å². The standard InChI is InChI=1S/C17H23N5O3/c1-21-10-14(18-11-21)17(23)22-5-2-12(9-22)8-15-19-16(25-20-15)13-3-6-24-7-4-13/h10-13H,2-9H2,1H3. The van der Waals surface area contributed by atoms with E-state index in [2.05, 4.69) is 15.1 Å². The van der Waals surface area contributed by atoms with Crippen molar-refractivity contribution in [1.82, 2.24) is 24.6 Å². The zero-order valence-corrected chi connectivity index (χ0v) is 14.4. The molecular formula is C17H23N5O3. The molecule has 8 heteroatoms. The average molecular weight is 345 g/mol. The summed E-state index contributed by atoms with van der Waals surface area (Å²) in [5, 5.41) is 4.14. The quantitative estimate of drug-likeness (QED) is 0.832. The number of carbonyl (C=O) groups is 1. The van der Waals surface area contributed by atoms with Gasteiger partial charge in [-0.2, -0.15) is 4.98 Å². The van der Waals surface area contributed by atoms with E-state index in [1.165, 1.54) is 0 Å². The van der Waals surface area contributed by atoms with E-state index >= 15 is 0 Å². The molecule has 0 radical (unpaired) electrons. The second-order valence-electron chi connectivity index (χ2n) is 6.97. The summed E-state index contributed by atoms with van der Waals surface area (Å²) in [6, 6.07) is 0. The van der Waals surface area contributed by atoms with Crippen LogP contribution in [0.1, 0.15) is 47.4 Å². The van der Waals surface area contributed by atoms with Crippen LogP contribution >= 0.6 is 0 Å². The third kappa shape index (κ3) is 3.58. The average Bonchev–Trinajstić information content (AvgIpc) is 3.37. The fourth-order valence-electron chi connectivity index (χ4n) is 3.59. The maximum absolute atomic E-state index is 12.5. The molecule has 4 heterocycles. The zero-order chi connectivity index (χ0) is 17.2. The van der Waals surface area contributed by atoms with Crippen LogP contribution in [0.25, 0.3) is 0 Å². The van der Waals surface area contributed by atoms with E-state index in [0.717, 1.165) is 63.7 Å². The van der Waals surface area contributed by atoms with Crippen LogP contribution in [0, 0.1) is 5.92 Å². The minimum absolute atomic E-state index is 0.000827. The fraction of sp³-hybridized carbons (Fsp3) is 0.647. The highest BCUT2D eigenvalue weighted by Gasteiger charge is 2.30. The van der Waals surface area contributed by atoms with Crippen molar-refractivity contribution >= 4 is 5.91 Å². The first-order valence-electron chi connectivity index (χ1n) is 8.86. The molecule has 134 valence electrons. The Labute approximate surface area is 146 Å². The third-order valence-corrected chi connectivity index (χ3v) is 5.02. The molecule has 2 aliphatic rings. The van der Waals surface area contributed by atoms with Crippen molar-refractivity contribution in [3.63, 3.8) is 0 Å². The molecule has 2 saturated heterocycles. The Balaban J connectivity index is 1.33. The Morgan fingerprint density at radius 1 is 1.32 bits per heavy atom. The van der Waals surface area contributed by atoms with Gasteiger partial charge < -0.3 is 18.7 Å². The van der Waals surface area contributed by atoms with Gasteiger partial charge >= 0.3 is 0 Å². The molecular weight excluding hydrogens is 322 g/mol. The second kappa shape index (κ2) is 6.95. The number of amides is 1. The van der Waals surface area contributed by atoms with Crippen LogP contribution in [0.2, 0.25) is 0 Å². The largest absolute Gasteiger partial charge is 0.381 e.